The number of morpholine rings is 1. The Kier molecular flexibility index (Phi) is 8.00. The Morgan fingerprint density at radius 3 is 2.55 bits per heavy atom. The van der Waals surface area contributed by atoms with Crippen molar-refractivity contribution in [3.63, 3.8) is 0 Å². The molecule has 1 saturated heterocycles. The first kappa shape index (κ1) is 23.2. The Morgan fingerprint density at radius 1 is 1.13 bits per heavy atom. The van der Waals surface area contributed by atoms with Gasteiger partial charge in [0.05, 0.1) is 24.7 Å². The van der Waals surface area contributed by atoms with Gasteiger partial charge in [0.1, 0.15) is 11.6 Å². The minimum absolute atomic E-state index is 0.109. The first-order valence-electron chi connectivity index (χ1n) is 10.2. The fraction of sp³-hybridized carbons (Fsp3) is 0.409. The molecule has 0 spiro atoms. The summed E-state index contributed by atoms with van der Waals surface area (Å²) in [7, 11) is -3.66. The van der Waals surface area contributed by atoms with E-state index in [9.17, 15) is 17.6 Å². The number of amides is 1. The molecule has 0 radical (unpaired) electrons. The zero-order valence-electron chi connectivity index (χ0n) is 17.5. The summed E-state index contributed by atoms with van der Waals surface area (Å²) >= 11 is 0. The summed E-state index contributed by atoms with van der Waals surface area (Å²) in [5.74, 6) is -0.0255. The molecule has 1 aliphatic rings. The number of benzene rings is 2. The zero-order valence-corrected chi connectivity index (χ0v) is 18.3. The highest BCUT2D eigenvalue weighted by molar-refractivity contribution is 7.89. The van der Waals surface area contributed by atoms with Crippen molar-refractivity contribution in [1.29, 1.82) is 0 Å². The Morgan fingerprint density at radius 2 is 1.84 bits per heavy atom. The Hall–Kier alpha value is -2.49. The number of nitrogens with one attached hydrogen (secondary N) is 1. The molecular weight excluding hydrogens is 423 g/mol. The van der Waals surface area contributed by atoms with Crippen LogP contribution in [0.3, 0.4) is 0 Å². The van der Waals surface area contributed by atoms with Gasteiger partial charge in [0, 0.05) is 25.2 Å². The van der Waals surface area contributed by atoms with E-state index in [2.05, 4.69) is 5.32 Å². The smallest absolute Gasteiger partial charge is 0.251 e. The molecule has 1 fully saturated rings. The van der Waals surface area contributed by atoms with E-state index < -0.39 is 10.0 Å². The van der Waals surface area contributed by atoms with E-state index in [1.807, 2.05) is 0 Å². The lowest BCUT2D eigenvalue weighted by atomic mass is 10.1. The number of aryl methyl sites for hydroxylation is 1. The number of halogens is 1. The summed E-state index contributed by atoms with van der Waals surface area (Å²) in [4.78, 5) is 12.7. The highest BCUT2D eigenvalue weighted by Gasteiger charge is 2.27. The molecule has 0 bridgehead atoms. The average molecular weight is 451 g/mol. The number of unbranched alkanes of at least 4 members (excludes halogenated alkanes) is 1. The molecule has 0 aliphatic carbocycles. The number of rotatable bonds is 9. The number of hydrogen-bond acceptors (Lipinski definition) is 5. The minimum Gasteiger partial charge on any atom is -0.494 e. The molecule has 1 aliphatic heterocycles. The highest BCUT2D eigenvalue weighted by atomic mass is 32.2. The van der Waals surface area contributed by atoms with Gasteiger partial charge in [0.15, 0.2) is 0 Å². The van der Waals surface area contributed by atoms with E-state index in [1.165, 1.54) is 28.6 Å². The van der Waals surface area contributed by atoms with Crippen molar-refractivity contribution in [3.05, 3.63) is 59.4 Å². The number of nitrogens with zero attached hydrogens (tertiary/aromatic N) is 1. The maximum absolute atomic E-state index is 12.9. The van der Waals surface area contributed by atoms with Crippen molar-refractivity contribution in [2.75, 3.05) is 39.5 Å². The summed E-state index contributed by atoms with van der Waals surface area (Å²) in [5.41, 5.74) is 1.05. The van der Waals surface area contributed by atoms with Gasteiger partial charge in [-0.3, -0.25) is 4.79 Å². The maximum Gasteiger partial charge on any atom is 0.251 e. The summed E-state index contributed by atoms with van der Waals surface area (Å²) < 4.78 is 50.7. The molecule has 2 aromatic carbocycles. The predicted molar refractivity (Wildman–Crippen MR) is 114 cm³/mol. The van der Waals surface area contributed by atoms with Crippen molar-refractivity contribution >= 4 is 15.9 Å². The molecule has 1 amide bonds. The molecular formula is C22H27FN2O5S. The van der Waals surface area contributed by atoms with Gasteiger partial charge in [-0.15, -0.1) is 0 Å². The van der Waals surface area contributed by atoms with Crippen LogP contribution in [0.2, 0.25) is 0 Å². The van der Waals surface area contributed by atoms with Crippen LogP contribution in [0.15, 0.2) is 47.4 Å². The normalized spacial score (nSPS) is 14.9. The molecule has 31 heavy (non-hydrogen) atoms. The first-order valence-corrected chi connectivity index (χ1v) is 11.7. The zero-order chi connectivity index (χ0) is 22.3. The number of ether oxygens (including phenoxy) is 2. The van der Waals surface area contributed by atoms with E-state index in [1.54, 1.807) is 25.1 Å². The minimum atomic E-state index is -3.66. The monoisotopic (exact) mass is 450 g/mol. The van der Waals surface area contributed by atoms with E-state index in [0.29, 0.717) is 69.2 Å². The fourth-order valence-electron chi connectivity index (χ4n) is 3.19. The van der Waals surface area contributed by atoms with Crippen molar-refractivity contribution < 1.29 is 27.1 Å². The third kappa shape index (κ3) is 6.25. The van der Waals surface area contributed by atoms with Gasteiger partial charge in [-0.2, -0.15) is 4.31 Å². The lowest BCUT2D eigenvalue weighted by Gasteiger charge is -2.26. The predicted octanol–water partition coefficient (Wildman–Crippen LogP) is 2.74. The second-order valence-corrected chi connectivity index (χ2v) is 9.20. The molecule has 168 valence electrons. The van der Waals surface area contributed by atoms with Crippen LogP contribution in [0.1, 0.15) is 28.8 Å². The lowest BCUT2D eigenvalue weighted by molar-refractivity contribution is 0.0730. The second-order valence-electron chi connectivity index (χ2n) is 7.26. The summed E-state index contributed by atoms with van der Waals surface area (Å²) in [6.07, 6.45) is 1.40. The van der Waals surface area contributed by atoms with E-state index in [0.717, 1.165) is 0 Å². The van der Waals surface area contributed by atoms with E-state index >= 15 is 0 Å². The lowest BCUT2D eigenvalue weighted by Crippen LogP contribution is -2.40. The van der Waals surface area contributed by atoms with Gasteiger partial charge in [-0.25, -0.2) is 12.8 Å². The second kappa shape index (κ2) is 10.7. The molecule has 7 nitrogen and oxygen atoms in total. The number of carbonyl (C=O) groups excluding carboxylic acids is 1. The molecule has 1 heterocycles. The van der Waals surface area contributed by atoms with Gasteiger partial charge >= 0.3 is 0 Å². The van der Waals surface area contributed by atoms with Gasteiger partial charge in [0.2, 0.25) is 10.0 Å². The van der Waals surface area contributed by atoms with Crippen molar-refractivity contribution in [1.82, 2.24) is 9.62 Å². The van der Waals surface area contributed by atoms with Gasteiger partial charge in [-0.05, 0) is 61.7 Å². The largest absolute Gasteiger partial charge is 0.494 e. The number of carbonyl (C=O) groups is 1. The highest BCUT2D eigenvalue weighted by Crippen LogP contribution is 2.20. The van der Waals surface area contributed by atoms with Crippen molar-refractivity contribution in [2.24, 2.45) is 0 Å². The maximum atomic E-state index is 12.9. The molecule has 0 aromatic heterocycles. The SMILES string of the molecule is Cc1ccc(S(=O)(=O)N2CCOCC2)cc1C(=O)NCCCCOc1ccc(F)cc1. The number of hydrogen-bond donors (Lipinski definition) is 1. The molecule has 2 aromatic rings. The van der Waals surface area contributed by atoms with Crippen LogP contribution in [0.25, 0.3) is 0 Å². The quantitative estimate of drug-likeness (QED) is 0.594. The molecule has 1 N–H and O–H groups in total. The third-order valence-electron chi connectivity index (χ3n) is 5.00. The summed E-state index contributed by atoms with van der Waals surface area (Å²) in [5, 5.41) is 2.83. The van der Waals surface area contributed by atoms with E-state index in [4.69, 9.17) is 9.47 Å². The molecule has 0 atom stereocenters. The third-order valence-corrected chi connectivity index (χ3v) is 6.90. The Balaban J connectivity index is 1.50. The van der Waals surface area contributed by atoms with E-state index in [-0.39, 0.29) is 16.6 Å². The topological polar surface area (TPSA) is 84.9 Å². The van der Waals surface area contributed by atoms with Gasteiger partial charge in [-0.1, -0.05) is 6.07 Å². The molecule has 0 saturated carbocycles. The summed E-state index contributed by atoms with van der Waals surface area (Å²) in [6, 6.07) is 10.4. The molecule has 0 unspecified atom stereocenters. The number of sulfonamides is 1. The van der Waals surface area contributed by atoms with Crippen LogP contribution in [0, 0.1) is 12.7 Å². The van der Waals surface area contributed by atoms with Crippen LogP contribution < -0.4 is 10.1 Å². The van der Waals surface area contributed by atoms with Crippen LogP contribution >= 0.6 is 0 Å². The van der Waals surface area contributed by atoms with Gasteiger partial charge in [0.25, 0.3) is 5.91 Å². The van der Waals surface area contributed by atoms with Crippen molar-refractivity contribution in [3.8, 4) is 5.75 Å². The van der Waals surface area contributed by atoms with Crippen LogP contribution in [0.5, 0.6) is 5.75 Å². The molecule has 9 heteroatoms. The van der Waals surface area contributed by atoms with Crippen LogP contribution in [0.4, 0.5) is 4.39 Å². The Labute approximate surface area is 182 Å². The Bertz CT molecular complexity index is 989. The first-order chi connectivity index (χ1) is 14.9. The van der Waals surface area contributed by atoms with Crippen molar-refractivity contribution in [2.45, 2.75) is 24.7 Å². The summed E-state index contributed by atoms with van der Waals surface area (Å²) in [6.45, 7) is 4.00. The fourth-order valence-corrected chi connectivity index (χ4v) is 4.62. The average Bonchev–Trinajstić information content (AvgIpc) is 2.78. The van der Waals surface area contributed by atoms with Crippen LogP contribution in [-0.4, -0.2) is 58.1 Å². The standard InChI is InChI=1S/C22H27FN2O5S/c1-17-4-9-20(31(27,28)25-11-14-29-15-12-25)16-21(17)22(26)24-10-2-3-13-30-19-7-5-18(23)6-8-19/h4-9,16H,2-3,10-15H2,1H3,(H,24,26). The van der Waals surface area contributed by atoms with Gasteiger partial charge < -0.3 is 14.8 Å². The van der Waals surface area contributed by atoms with Crippen LogP contribution in [-0.2, 0) is 14.8 Å². The molecule has 3 rings (SSSR count).